The van der Waals surface area contributed by atoms with Gasteiger partial charge >= 0.3 is 22.1 Å². The molecule has 1 heterocycles. The normalized spacial score (nSPS) is 17.7. The van der Waals surface area contributed by atoms with Crippen LogP contribution < -0.4 is 22.6 Å². The van der Waals surface area contributed by atoms with Crippen molar-refractivity contribution in [1.29, 1.82) is 0 Å². The summed E-state index contributed by atoms with van der Waals surface area (Å²) in [7, 11) is -7.78. The van der Waals surface area contributed by atoms with Crippen LogP contribution in [0.1, 0.15) is 0 Å². The zero-order valence-electron chi connectivity index (χ0n) is 23.5. The van der Waals surface area contributed by atoms with E-state index in [0.717, 1.165) is 22.4 Å². The molecule has 1 aliphatic heterocycles. The summed E-state index contributed by atoms with van der Waals surface area (Å²) in [5, 5.41) is 0. The molecule has 0 saturated heterocycles. The molecule has 0 aromatic heterocycles. The van der Waals surface area contributed by atoms with Gasteiger partial charge in [0, 0.05) is 22.4 Å². The zero-order valence-corrected chi connectivity index (χ0v) is 34.9. The third kappa shape index (κ3) is 9.59. The summed E-state index contributed by atoms with van der Waals surface area (Å²) >= 11 is 25.0. The minimum absolute atomic E-state index is 0.406. The van der Waals surface area contributed by atoms with Crippen LogP contribution in [0.15, 0.2) is 157 Å². The predicted octanol–water partition coefficient (Wildman–Crippen LogP) is 15.3. The highest BCUT2D eigenvalue weighted by molar-refractivity contribution is 9.11. The molecule has 8 nitrogen and oxygen atoms in total. The Hall–Kier alpha value is -1.52. The molecule has 0 amide bonds. The van der Waals surface area contributed by atoms with Gasteiger partial charge in [0.05, 0.1) is 0 Å². The molecule has 0 bridgehead atoms. The Kier molecular flexibility index (Phi) is 11.4. The van der Waals surface area contributed by atoms with Crippen molar-refractivity contribution in [1.82, 2.24) is 0 Å². The highest BCUT2D eigenvalue weighted by atomic mass is 79.9. The van der Waals surface area contributed by atoms with Crippen LogP contribution in [0.4, 0.5) is 0 Å². The van der Waals surface area contributed by atoms with Crippen LogP contribution in [-0.4, -0.2) is 0 Å². The highest BCUT2D eigenvalue weighted by Crippen LogP contribution is 2.80. The lowest BCUT2D eigenvalue weighted by Crippen LogP contribution is -2.08. The van der Waals surface area contributed by atoms with Gasteiger partial charge in [-0.05, 0) is 102 Å². The van der Waals surface area contributed by atoms with Crippen LogP contribution in [0.25, 0.3) is 0 Å². The van der Waals surface area contributed by atoms with Crippen molar-refractivity contribution in [2.45, 2.75) is 0 Å². The van der Waals surface area contributed by atoms with Gasteiger partial charge in [0.25, 0.3) is 0 Å². The molecule has 47 heavy (non-hydrogen) atoms. The maximum Gasteiger partial charge on any atom is 0.459 e. The topological polar surface area (TPSA) is 83.2 Å². The number of hydrogen-bond acceptors (Lipinski definition) is 8. The minimum atomic E-state index is -3.89. The van der Waals surface area contributed by atoms with Gasteiger partial charge in [-0.2, -0.15) is 0 Å². The van der Waals surface area contributed by atoms with Crippen LogP contribution in [0, 0.1) is 0 Å². The molecule has 0 saturated carbocycles. The smallest absolute Gasteiger partial charge is 0.431 e. The Labute approximate surface area is 318 Å². The van der Waals surface area contributed by atoms with Gasteiger partial charge in [-0.3, -0.25) is 0 Å². The monoisotopic (exact) mass is 1020 g/mol. The standard InChI is InChI=1S/C30H20Br5ClN3O5P3/c31-21-6-1-11-26(16-21)40-45(36)37-46(41-27-12-2-7-22(32)17-27,42-28-13-3-8-23(33)18-28)39-47(38-45,43-29-14-4-9-24(34)19-29)44-30-15-5-10-25(35)20-30/h1-20H. The first kappa shape index (κ1) is 35.3. The third-order valence-electron chi connectivity index (χ3n) is 5.77. The van der Waals surface area contributed by atoms with E-state index < -0.39 is 22.1 Å². The van der Waals surface area contributed by atoms with Gasteiger partial charge in [0.1, 0.15) is 28.7 Å². The molecule has 0 N–H and O–H groups in total. The first-order chi connectivity index (χ1) is 22.5. The fourth-order valence-corrected chi connectivity index (χ4v) is 15.9. The van der Waals surface area contributed by atoms with E-state index in [4.69, 9.17) is 47.4 Å². The largest absolute Gasteiger partial charge is 0.459 e. The van der Waals surface area contributed by atoms with Crippen molar-refractivity contribution in [3.05, 3.63) is 144 Å². The average Bonchev–Trinajstić information content (AvgIpc) is 2.96. The summed E-state index contributed by atoms with van der Waals surface area (Å²) < 4.78 is 51.8. The maximum atomic E-state index is 7.40. The molecule has 0 radical (unpaired) electrons. The number of nitrogens with zero attached hydrogens (tertiary/aromatic N) is 3. The number of rotatable bonds is 10. The van der Waals surface area contributed by atoms with E-state index in [9.17, 15) is 0 Å². The Morgan fingerprint density at radius 2 is 0.660 bits per heavy atom. The van der Waals surface area contributed by atoms with Gasteiger partial charge in [0.2, 0.25) is 0 Å². The van der Waals surface area contributed by atoms with Gasteiger partial charge in [0.15, 0.2) is 0 Å². The van der Waals surface area contributed by atoms with Crippen molar-refractivity contribution in [3.8, 4) is 28.7 Å². The summed E-state index contributed by atoms with van der Waals surface area (Å²) in [4.78, 5) is 0. The van der Waals surface area contributed by atoms with Crippen molar-refractivity contribution in [2.75, 3.05) is 0 Å². The van der Waals surface area contributed by atoms with Crippen LogP contribution in [0.5, 0.6) is 28.7 Å². The van der Waals surface area contributed by atoms with Crippen molar-refractivity contribution < 1.29 is 22.6 Å². The second-order valence-electron chi connectivity index (χ2n) is 9.47. The fraction of sp³-hybridized carbons (Fsp3) is 0. The Morgan fingerprint density at radius 3 is 0.957 bits per heavy atom. The lowest BCUT2D eigenvalue weighted by Gasteiger charge is -2.31. The van der Waals surface area contributed by atoms with Crippen LogP contribution in [0.2, 0.25) is 0 Å². The van der Waals surface area contributed by atoms with E-state index in [1.807, 2.05) is 60.7 Å². The molecular formula is C30H20Br5ClN3O5P3. The summed E-state index contributed by atoms with van der Waals surface area (Å²) in [6.07, 6.45) is 0. The second-order valence-corrected chi connectivity index (χ2v) is 21.3. The molecule has 242 valence electrons. The van der Waals surface area contributed by atoms with E-state index in [1.165, 1.54) is 0 Å². The molecule has 1 atom stereocenters. The Morgan fingerprint density at radius 1 is 0.383 bits per heavy atom. The van der Waals surface area contributed by atoms with E-state index in [1.54, 1.807) is 60.7 Å². The van der Waals surface area contributed by atoms with Crippen molar-refractivity contribution in [3.63, 3.8) is 0 Å². The third-order valence-corrected chi connectivity index (χ3v) is 17.3. The summed E-state index contributed by atoms with van der Waals surface area (Å²) in [5.41, 5.74) is 0. The number of halogens is 6. The minimum Gasteiger partial charge on any atom is -0.431 e. The molecular weight excluding hydrogens is 1010 g/mol. The Bertz CT molecular complexity index is 1940. The molecule has 0 spiro atoms. The van der Waals surface area contributed by atoms with E-state index in [-0.39, 0.29) is 0 Å². The van der Waals surface area contributed by atoms with E-state index >= 15 is 0 Å². The van der Waals surface area contributed by atoms with Crippen molar-refractivity contribution in [2.24, 2.45) is 13.5 Å². The zero-order chi connectivity index (χ0) is 33.1. The molecule has 5 aromatic rings. The van der Waals surface area contributed by atoms with Gasteiger partial charge < -0.3 is 22.6 Å². The van der Waals surface area contributed by atoms with E-state index in [0.29, 0.717) is 28.7 Å². The van der Waals surface area contributed by atoms with Gasteiger partial charge in [-0.25, -0.2) is 0 Å². The highest BCUT2D eigenvalue weighted by Gasteiger charge is 2.46. The fourth-order valence-electron chi connectivity index (χ4n) is 4.00. The first-order valence-electron chi connectivity index (χ1n) is 13.4. The lowest BCUT2D eigenvalue weighted by atomic mass is 10.3. The summed E-state index contributed by atoms with van der Waals surface area (Å²) in [6, 6.07) is 36.1. The van der Waals surface area contributed by atoms with Crippen LogP contribution in [0.3, 0.4) is 0 Å². The predicted molar refractivity (Wildman–Crippen MR) is 208 cm³/mol. The summed E-state index contributed by atoms with van der Waals surface area (Å²) in [5.74, 6) is 2.04. The molecule has 1 aliphatic rings. The number of hydrogen-bond donors (Lipinski definition) is 0. The molecule has 0 fully saturated rings. The second kappa shape index (κ2) is 15.2. The van der Waals surface area contributed by atoms with Gasteiger partial charge in [-0.1, -0.05) is 114 Å². The SMILES string of the molecule is ClP1(Oc2cccc(Br)c2)=NP(Oc2cccc(Br)c2)(Oc2cccc(Br)c2)=NP(Oc2cccc(Br)c2)(Oc2cccc(Br)c2)=N1. The number of benzene rings is 5. The quantitative estimate of drug-likeness (QED) is 0.130. The molecule has 5 aromatic carbocycles. The van der Waals surface area contributed by atoms with Crippen molar-refractivity contribution >= 4 is 113 Å². The van der Waals surface area contributed by atoms with E-state index in [2.05, 4.69) is 79.6 Å². The van der Waals surface area contributed by atoms with Crippen LogP contribution >= 0.6 is 113 Å². The lowest BCUT2D eigenvalue weighted by molar-refractivity contribution is 0.458. The maximum absolute atomic E-state index is 7.40. The molecule has 6 rings (SSSR count). The first-order valence-corrected chi connectivity index (χ1v) is 22.9. The molecule has 0 aliphatic carbocycles. The van der Waals surface area contributed by atoms with Crippen LogP contribution in [-0.2, 0) is 0 Å². The summed E-state index contributed by atoms with van der Waals surface area (Å²) in [6.45, 7) is -3.78. The molecule has 17 heteroatoms. The average molecular weight is 1030 g/mol. The van der Waals surface area contributed by atoms with Gasteiger partial charge in [-0.15, -0.1) is 9.03 Å². The Balaban J connectivity index is 1.65. The molecule has 1 unspecified atom stereocenters.